The minimum Gasteiger partial charge on any atom is -0.356 e. The number of anilines is 3. The first-order valence-corrected chi connectivity index (χ1v) is 7.91. The molecule has 0 atom stereocenters. The number of benzene rings is 2. The van der Waals surface area contributed by atoms with Crippen LogP contribution in [-0.2, 0) is 4.79 Å². The molecule has 1 amide bonds. The first-order valence-electron chi connectivity index (χ1n) is 7.91. The number of rotatable bonds is 5. The van der Waals surface area contributed by atoms with Gasteiger partial charge in [-0.25, -0.2) is 0 Å². The van der Waals surface area contributed by atoms with E-state index >= 15 is 0 Å². The lowest BCUT2D eigenvalue weighted by Crippen LogP contribution is -2.27. The molecule has 4 heteroatoms. The van der Waals surface area contributed by atoms with Crippen molar-refractivity contribution in [2.24, 2.45) is 5.92 Å². The fraction of sp³-hybridized carbons (Fsp3) is 0.263. The Kier molecular flexibility index (Phi) is 4.42. The van der Waals surface area contributed by atoms with Gasteiger partial charge in [-0.15, -0.1) is 0 Å². The van der Waals surface area contributed by atoms with E-state index in [-0.39, 0.29) is 17.6 Å². The number of carbonyl (C=O) groups excluding carboxylic acids is 2. The molecular weight excluding hydrogens is 288 g/mol. The van der Waals surface area contributed by atoms with Crippen molar-refractivity contribution in [1.29, 1.82) is 0 Å². The summed E-state index contributed by atoms with van der Waals surface area (Å²) in [5.74, 6) is 0.368. The van der Waals surface area contributed by atoms with Gasteiger partial charge in [-0.1, -0.05) is 6.42 Å². The van der Waals surface area contributed by atoms with Crippen LogP contribution in [0.4, 0.5) is 17.1 Å². The Morgan fingerprint density at radius 3 is 1.87 bits per heavy atom. The zero-order chi connectivity index (χ0) is 16.2. The second-order valence-electron chi connectivity index (χ2n) is 5.95. The van der Waals surface area contributed by atoms with E-state index in [1.165, 1.54) is 0 Å². The molecule has 3 rings (SSSR count). The van der Waals surface area contributed by atoms with E-state index in [2.05, 4.69) is 10.6 Å². The third-order valence-corrected chi connectivity index (χ3v) is 4.21. The Morgan fingerprint density at radius 1 is 0.870 bits per heavy atom. The van der Waals surface area contributed by atoms with Crippen LogP contribution in [-0.4, -0.2) is 11.7 Å². The minimum atomic E-state index is 0.0584. The van der Waals surface area contributed by atoms with Gasteiger partial charge in [-0.3, -0.25) is 9.59 Å². The van der Waals surface area contributed by atoms with E-state index in [4.69, 9.17) is 0 Å². The molecular formula is C19H20N2O2. The van der Waals surface area contributed by atoms with Crippen molar-refractivity contribution in [1.82, 2.24) is 0 Å². The van der Waals surface area contributed by atoms with Crippen molar-refractivity contribution in [2.75, 3.05) is 10.6 Å². The molecule has 1 aliphatic carbocycles. The molecule has 23 heavy (non-hydrogen) atoms. The van der Waals surface area contributed by atoms with Crippen molar-refractivity contribution in [2.45, 2.75) is 26.2 Å². The molecule has 0 aliphatic heterocycles. The van der Waals surface area contributed by atoms with E-state index < -0.39 is 0 Å². The maximum atomic E-state index is 11.9. The highest BCUT2D eigenvalue weighted by molar-refractivity contribution is 5.94. The molecule has 1 aliphatic rings. The van der Waals surface area contributed by atoms with Crippen LogP contribution in [0.15, 0.2) is 48.5 Å². The van der Waals surface area contributed by atoms with Gasteiger partial charge in [0.15, 0.2) is 5.78 Å². The lowest BCUT2D eigenvalue weighted by molar-refractivity contribution is -0.122. The highest BCUT2D eigenvalue weighted by Gasteiger charge is 2.24. The number of ketones is 1. The van der Waals surface area contributed by atoms with Crippen LogP contribution in [0.1, 0.15) is 36.5 Å². The molecule has 2 aromatic carbocycles. The molecule has 0 heterocycles. The topological polar surface area (TPSA) is 58.2 Å². The molecule has 2 aromatic rings. The lowest BCUT2D eigenvalue weighted by Gasteiger charge is -2.24. The van der Waals surface area contributed by atoms with E-state index in [9.17, 15) is 9.59 Å². The number of amides is 1. The van der Waals surface area contributed by atoms with Crippen molar-refractivity contribution in [3.05, 3.63) is 54.1 Å². The maximum absolute atomic E-state index is 11.9. The van der Waals surface area contributed by atoms with E-state index in [1.54, 1.807) is 19.1 Å². The van der Waals surface area contributed by atoms with Crippen LogP contribution in [0.5, 0.6) is 0 Å². The van der Waals surface area contributed by atoms with Gasteiger partial charge in [0.2, 0.25) is 5.91 Å². The molecule has 0 spiro atoms. The second-order valence-corrected chi connectivity index (χ2v) is 5.95. The molecule has 4 nitrogen and oxygen atoms in total. The van der Waals surface area contributed by atoms with Crippen LogP contribution in [0.3, 0.4) is 0 Å². The van der Waals surface area contributed by atoms with Crippen LogP contribution in [0.2, 0.25) is 0 Å². The molecule has 118 valence electrons. The Morgan fingerprint density at radius 2 is 1.39 bits per heavy atom. The predicted octanol–water partition coefficient (Wildman–Crippen LogP) is 4.37. The van der Waals surface area contributed by atoms with Gasteiger partial charge in [0.05, 0.1) is 0 Å². The quantitative estimate of drug-likeness (QED) is 0.806. The summed E-state index contributed by atoms with van der Waals surface area (Å²) in [5.41, 5.74) is 3.37. The van der Waals surface area contributed by atoms with Crippen LogP contribution < -0.4 is 10.6 Å². The number of Topliss-reactive ketones (excluding diaryl/α,β-unsaturated/α-hetero) is 1. The molecule has 1 saturated carbocycles. The maximum Gasteiger partial charge on any atom is 0.227 e. The Labute approximate surface area is 135 Å². The van der Waals surface area contributed by atoms with Gasteiger partial charge in [-0.2, -0.15) is 0 Å². The summed E-state index contributed by atoms with van der Waals surface area (Å²) >= 11 is 0. The normalized spacial score (nSPS) is 14.0. The predicted molar refractivity (Wildman–Crippen MR) is 92.1 cm³/mol. The molecule has 0 bridgehead atoms. The summed E-state index contributed by atoms with van der Waals surface area (Å²) in [5, 5.41) is 6.22. The molecule has 1 fully saturated rings. The highest BCUT2D eigenvalue weighted by atomic mass is 16.2. The number of nitrogens with one attached hydrogen (secondary N) is 2. The first-order chi connectivity index (χ1) is 11.1. The average molecular weight is 308 g/mol. The molecule has 0 unspecified atom stereocenters. The molecule has 0 saturated heterocycles. The Bertz CT molecular complexity index is 701. The van der Waals surface area contributed by atoms with Gasteiger partial charge in [0.25, 0.3) is 0 Å². The molecule has 2 N–H and O–H groups in total. The third kappa shape index (κ3) is 3.77. The van der Waals surface area contributed by atoms with Gasteiger partial charge in [0.1, 0.15) is 0 Å². The van der Waals surface area contributed by atoms with Gasteiger partial charge in [-0.05, 0) is 68.3 Å². The van der Waals surface area contributed by atoms with E-state index in [1.807, 2.05) is 36.4 Å². The van der Waals surface area contributed by atoms with Gasteiger partial charge >= 0.3 is 0 Å². The average Bonchev–Trinajstić information content (AvgIpc) is 2.48. The monoisotopic (exact) mass is 308 g/mol. The summed E-state index contributed by atoms with van der Waals surface area (Å²) in [6, 6.07) is 15.0. The van der Waals surface area contributed by atoms with Crippen molar-refractivity contribution < 1.29 is 9.59 Å². The zero-order valence-corrected chi connectivity index (χ0v) is 13.1. The summed E-state index contributed by atoms with van der Waals surface area (Å²) in [4.78, 5) is 23.2. The summed E-state index contributed by atoms with van der Waals surface area (Å²) in [6.07, 6.45) is 3.16. The summed E-state index contributed by atoms with van der Waals surface area (Å²) in [7, 11) is 0. The lowest BCUT2D eigenvalue weighted by atomic mass is 9.85. The number of hydrogen-bond acceptors (Lipinski definition) is 3. The summed E-state index contributed by atoms with van der Waals surface area (Å²) in [6.45, 7) is 1.55. The van der Waals surface area contributed by atoms with Crippen LogP contribution in [0.25, 0.3) is 0 Å². The smallest absolute Gasteiger partial charge is 0.227 e. The minimum absolute atomic E-state index is 0.0584. The molecule has 0 aromatic heterocycles. The third-order valence-electron chi connectivity index (χ3n) is 4.21. The van der Waals surface area contributed by atoms with Gasteiger partial charge < -0.3 is 10.6 Å². The molecule has 0 radical (unpaired) electrons. The van der Waals surface area contributed by atoms with Gasteiger partial charge in [0, 0.05) is 28.5 Å². The van der Waals surface area contributed by atoms with Crippen LogP contribution in [0, 0.1) is 5.92 Å². The fourth-order valence-electron chi connectivity index (χ4n) is 2.51. The standard InChI is InChI=1S/C19H20N2O2/c1-13(22)14-5-7-16(8-6-14)20-17-9-11-18(12-10-17)21-19(23)15-3-2-4-15/h5-12,15,20H,2-4H2,1H3,(H,21,23). The van der Waals surface area contributed by atoms with E-state index in [0.29, 0.717) is 5.56 Å². The second kappa shape index (κ2) is 6.65. The van der Waals surface area contributed by atoms with Crippen molar-refractivity contribution in [3.8, 4) is 0 Å². The fourth-order valence-corrected chi connectivity index (χ4v) is 2.51. The van der Waals surface area contributed by atoms with E-state index in [0.717, 1.165) is 36.3 Å². The number of hydrogen-bond donors (Lipinski definition) is 2. The Balaban J connectivity index is 1.60. The highest BCUT2D eigenvalue weighted by Crippen LogP contribution is 2.28. The number of carbonyl (C=O) groups is 2. The summed E-state index contributed by atoms with van der Waals surface area (Å²) < 4.78 is 0. The Hall–Kier alpha value is -2.62. The van der Waals surface area contributed by atoms with Crippen LogP contribution >= 0.6 is 0 Å². The largest absolute Gasteiger partial charge is 0.356 e. The SMILES string of the molecule is CC(=O)c1ccc(Nc2ccc(NC(=O)C3CCC3)cc2)cc1. The van der Waals surface area contributed by atoms with Crippen molar-refractivity contribution in [3.63, 3.8) is 0 Å². The zero-order valence-electron chi connectivity index (χ0n) is 13.1. The van der Waals surface area contributed by atoms with Crippen molar-refractivity contribution >= 4 is 28.8 Å². The first kappa shape index (κ1) is 15.3.